The van der Waals surface area contributed by atoms with Crippen LogP contribution in [0.4, 0.5) is 4.39 Å². The number of aryl methyl sites for hydroxylation is 1. The first-order valence-electron chi connectivity index (χ1n) is 5.91. The van der Waals surface area contributed by atoms with Crippen molar-refractivity contribution in [3.8, 4) is 0 Å². The minimum Gasteiger partial charge on any atom is -0.469 e. The molecule has 0 saturated carbocycles. The van der Waals surface area contributed by atoms with Crippen molar-refractivity contribution in [3.05, 3.63) is 28.3 Å². The molecule has 0 bridgehead atoms. The van der Waals surface area contributed by atoms with Gasteiger partial charge in [-0.3, -0.25) is 13.9 Å². The van der Waals surface area contributed by atoms with Crippen LogP contribution in [-0.4, -0.2) is 22.8 Å². The molecule has 0 fully saturated rings. The molecule has 19 heavy (non-hydrogen) atoms. The zero-order valence-corrected chi connectivity index (χ0v) is 11.2. The van der Waals surface area contributed by atoms with Gasteiger partial charge in [0.15, 0.2) is 5.82 Å². The van der Waals surface area contributed by atoms with E-state index >= 15 is 0 Å². The summed E-state index contributed by atoms with van der Waals surface area (Å²) in [5.74, 6) is -1.34. The summed E-state index contributed by atoms with van der Waals surface area (Å²) in [5, 5.41) is 3.47. The number of nitrogens with zero attached hydrogens (tertiary/aromatic N) is 2. The van der Waals surface area contributed by atoms with Crippen molar-refractivity contribution < 1.29 is 18.4 Å². The van der Waals surface area contributed by atoms with E-state index in [0.717, 1.165) is 0 Å². The fraction of sp³-hybridized carbons (Fsp3) is 0.583. The molecule has 1 rings (SSSR count). The molecule has 0 spiro atoms. The molecule has 0 N–H and O–H groups in total. The van der Waals surface area contributed by atoms with Crippen molar-refractivity contribution in [1.29, 1.82) is 0 Å². The lowest BCUT2D eigenvalue weighted by molar-refractivity contribution is -0.145. The molecule has 0 unspecified atom stereocenters. The number of methoxy groups -OCH3 is 1. The van der Waals surface area contributed by atoms with Crippen molar-refractivity contribution in [2.75, 3.05) is 7.11 Å². The summed E-state index contributed by atoms with van der Waals surface area (Å²) < 4.78 is 23.7. The molecule has 6 nitrogen and oxygen atoms in total. The third-order valence-corrected chi connectivity index (χ3v) is 2.78. The lowest BCUT2D eigenvalue weighted by atomic mass is 10.1. The van der Waals surface area contributed by atoms with Crippen LogP contribution in [0.1, 0.15) is 25.6 Å². The van der Waals surface area contributed by atoms with Gasteiger partial charge in [-0.25, -0.2) is 9.18 Å². The quantitative estimate of drug-likeness (QED) is 0.735. The number of allylic oxidation sites excluding steroid dienone is 2. The molecular formula is C12H17FN2O4. The number of ether oxygens (including phenoxy) is 1. The van der Waals surface area contributed by atoms with Crippen LogP contribution >= 0.6 is 0 Å². The van der Waals surface area contributed by atoms with Crippen LogP contribution in [-0.2, 0) is 16.1 Å². The standard InChI is InChI=1S/C12H17FN2O4/c1-8(11(16)18-3)4-5-10(13)6-7-15-9(2)14-19-12(15)17/h6,8H,4-5,7H2,1-3H3/b10-6+/t8-/m0/s1. The number of carbonyl (C=O) groups excluding carboxylic acids is 1. The highest BCUT2D eigenvalue weighted by atomic mass is 19.1. The summed E-state index contributed by atoms with van der Waals surface area (Å²) in [6.45, 7) is 3.33. The molecule has 0 aromatic carbocycles. The Morgan fingerprint density at radius 2 is 2.32 bits per heavy atom. The van der Waals surface area contributed by atoms with Gasteiger partial charge in [0, 0.05) is 0 Å². The third kappa shape index (κ3) is 4.35. The summed E-state index contributed by atoms with van der Waals surface area (Å²) in [5.41, 5.74) is 0. The molecule has 1 aromatic rings. The number of rotatable bonds is 6. The summed E-state index contributed by atoms with van der Waals surface area (Å²) in [4.78, 5) is 22.3. The second kappa shape index (κ2) is 6.86. The zero-order chi connectivity index (χ0) is 14.4. The van der Waals surface area contributed by atoms with Gasteiger partial charge in [-0.2, -0.15) is 0 Å². The molecule has 7 heteroatoms. The monoisotopic (exact) mass is 272 g/mol. The smallest absolute Gasteiger partial charge is 0.441 e. The largest absolute Gasteiger partial charge is 0.469 e. The van der Waals surface area contributed by atoms with Crippen molar-refractivity contribution in [2.45, 2.75) is 33.2 Å². The molecule has 106 valence electrons. The molecule has 0 amide bonds. The van der Waals surface area contributed by atoms with E-state index in [9.17, 15) is 14.0 Å². The highest BCUT2D eigenvalue weighted by molar-refractivity contribution is 5.71. The van der Waals surface area contributed by atoms with Crippen LogP contribution in [0.3, 0.4) is 0 Å². The predicted octanol–water partition coefficient (Wildman–Crippen LogP) is 1.59. The van der Waals surface area contributed by atoms with E-state index in [1.165, 1.54) is 17.8 Å². The highest BCUT2D eigenvalue weighted by Gasteiger charge is 2.13. The van der Waals surface area contributed by atoms with E-state index in [4.69, 9.17) is 0 Å². The molecule has 0 aliphatic carbocycles. The maximum Gasteiger partial charge on any atom is 0.441 e. The van der Waals surface area contributed by atoms with Gasteiger partial charge >= 0.3 is 11.7 Å². The second-order valence-electron chi connectivity index (χ2n) is 4.22. The first kappa shape index (κ1) is 15.1. The predicted molar refractivity (Wildman–Crippen MR) is 65.1 cm³/mol. The van der Waals surface area contributed by atoms with E-state index in [0.29, 0.717) is 12.2 Å². The molecule has 0 aliphatic rings. The molecule has 0 radical (unpaired) electrons. The number of esters is 1. The minimum atomic E-state index is -0.621. The van der Waals surface area contributed by atoms with Gasteiger partial charge in [-0.1, -0.05) is 12.1 Å². The maximum atomic E-state index is 13.5. The van der Waals surface area contributed by atoms with Gasteiger partial charge in [0.2, 0.25) is 0 Å². The van der Waals surface area contributed by atoms with Gasteiger partial charge in [0.25, 0.3) is 0 Å². The van der Waals surface area contributed by atoms with Crippen molar-refractivity contribution in [2.24, 2.45) is 5.92 Å². The van der Waals surface area contributed by atoms with E-state index in [-0.39, 0.29) is 30.7 Å². The second-order valence-corrected chi connectivity index (χ2v) is 4.22. The first-order valence-corrected chi connectivity index (χ1v) is 5.91. The molecule has 1 atom stereocenters. The van der Waals surface area contributed by atoms with Gasteiger partial charge in [0.05, 0.1) is 25.4 Å². The Bertz CT molecular complexity index is 518. The Kier molecular flexibility index (Phi) is 5.47. The van der Waals surface area contributed by atoms with Crippen LogP contribution in [0.25, 0.3) is 0 Å². The minimum absolute atomic E-state index is 0.0621. The van der Waals surface area contributed by atoms with Crippen molar-refractivity contribution in [1.82, 2.24) is 9.72 Å². The number of hydrogen-bond acceptors (Lipinski definition) is 5. The van der Waals surface area contributed by atoms with Crippen LogP contribution < -0.4 is 5.76 Å². The SMILES string of the molecule is COC(=O)[C@@H](C)CC/C(F)=C\Cn1c(C)noc1=O. The topological polar surface area (TPSA) is 74.3 Å². The highest BCUT2D eigenvalue weighted by Crippen LogP contribution is 2.14. The number of aromatic nitrogens is 2. The van der Waals surface area contributed by atoms with Crippen molar-refractivity contribution in [3.63, 3.8) is 0 Å². The summed E-state index contributed by atoms with van der Waals surface area (Å²) in [6, 6.07) is 0. The Morgan fingerprint density at radius 1 is 1.63 bits per heavy atom. The Morgan fingerprint density at radius 3 is 2.84 bits per heavy atom. The molecule has 0 aliphatic heterocycles. The van der Waals surface area contributed by atoms with E-state index in [1.54, 1.807) is 13.8 Å². The van der Waals surface area contributed by atoms with Gasteiger partial charge in [0.1, 0.15) is 0 Å². The Hall–Kier alpha value is -1.92. The summed E-state index contributed by atoms with van der Waals surface area (Å²) in [6.07, 6.45) is 1.75. The number of halogens is 1. The van der Waals surface area contributed by atoms with Crippen LogP contribution in [0, 0.1) is 12.8 Å². The van der Waals surface area contributed by atoms with Crippen LogP contribution in [0.2, 0.25) is 0 Å². The number of hydrogen-bond donors (Lipinski definition) is 0. The van der Waals surface area contributed by atoms with E-state index in [1.807, 2.05) is 0 Å². The average Bonchev–Trinajstić information content (AvgIpc) is 2.72. The zero-order valence-electron chi connectivity index (χ0n) is 11.2. The van der Waals surface area contributed by atoms with E-state index in [2.05, 4.69) is 14.4 Å². The van der Waals surface area contributed by atoms with Crippen LogP contribution in [0.15, 0.2) is 21.2 Å². The van der Waals surface area contributed by atoms with Gasteiger partial charge in [-0.05, 0) is 25.8 Å². The summed E-state index contributed by atoms with van der Waals surface area (Å²) in [7, 11) is 1.30. The molecule has 0 saturated heterocycles. The lowest BCUT2D eigenvalue weighted by Crippen LogP contribution is -2.15. The van der Waals surface area contributed by atoms with E-state index < -0.39 is 5.76 Å². The van der Waals surface area contributed by atoms with Crippen LogP contribution in [0.5, 0.6) is 0 Å². The normalized spacial score (nSPS) is 13.4. The first-order chi connectivity index (χ1) is 8.95. The Labute approximate surface area is 109 Å². The summed E-state index contributed by atoms with van der Waals surface area (Å²) >= 11 is 0. The molecular weight excluding hydrogens is 255 g/mol. The van der Waals surface area contributed by atoms with Gasteiger partial charge < -0.3 is 4.74 Å². The van der Waals surface area contributed by atoms with Gasteiger partial charge in [-0.15, -0.1) is 0 Å². The maximum absolute atomic E-state index is 13.5. The lowest BCUT2D eigenvalue weighted by Gasteiger charge is -2.07. The fourth-order valence-corrected chi connectivity index (χ4v) is 1.51. The molecule has 1 aromatic heterocycles. The van der Waals surface area contributed by atoms with Crippen molar-refractivity contribution >= 4 is 5.97 Å². The number of carbonyl (C=O) groups is 1. The Balaban J connectivity index is 2.50. The molecule has 1 heterocycles. The third-order valence-electron chi connectivity index (χ3n) is 2.78. The average molecular weight is 272 g/mol. The fourth-order valence-electron chi connectivity index (χ4n) is 1.51.